The Labute approximate surface area is 171 Å². The second-order valence-corrected chi connectivity index (χ2v) is 8.75. The van der Waals surface area contributed by atoms with Gasteiger partial charge in [0.2, 0.25) is 0 Å². The minimum Gasteiger partial charge on any atom is -0.348 e. The second-order valence-electron chi connectivity index (χ2n) is 7.07. The number of sulfonamides is 1. The Hall–Kier alpha value is -3.12. The first kappa shape index (κ1) is 20.6. The van der Waals surface area contributed by atoms with Gasteiger partial charge in [0.1, 0.15) is 0 Å². The van der Waals surface area contributed by atoms with Gasteiger partial charge in [-0.1, -0.05) is 53.6 Å². The van der Waals surface area contributed by atoms with Gasteiger partial charge in [-0.3, -0.25) is 9.52 Å². The van der Waals surface area contributed by atoms with E-state index in [4.69, 9.17) is 0 Å². The van der Waals surface area contributed by atoms with Crippen LogP contribution < -0.4 is 10.0 Å². The van der Waals surface area contributed by atoms with E-state index in [0.29, 0.717) is 23.4 Å². The van der Waals surface area contributed by atoms with Crippen LogP contribution in [0.4, 0.5) is 5.69 Å². The molecule has 0 spiro atoms. The maximum atomic E-state index is 12.7. The van der Waals surface area contributed by atoms with Crippen molar-refractivity contribution in [3.05, 3.63) is 94.5 Å². The molecule has 0 radical (unpaired) electrons. The molecule has 3 aromatic carbocycles. The topological polar surface area (TPSA) is 75.3 Å². The number of amides is 1. The van der Waals surface area contributed by atoms with Crippen LogP contribution in [0.5, 0.6) is 0 Å². The summed E-state index contributed by atoms with van der Waals surface area (Å²) in [7, 11) is -3.74. The molecule has 0 saturated carbocycles. The van der Waals surface area contributed by atoms with Gasteiger partial charge < -0.3 is 5.32 Å². The zero-order valence-electron chi connectivity index (χ0n) is 16.7. The first-order chi connectivity index (χ1) is 13.8. The molecule has 0 aliphatic heterocycles. The lowest BCUT2D eigenvalue weighted by molar-refractivity contribution is 0.0950. The summed E-state index contributed by atoms with van der Waals surface area (Å²) < 4.78 is 27.9. The predicted molar refractivity (Wildman–Crippen MR) is 116 cm³/mol. The van der Waals surface area contributed by atoms with Crippen LogP contribution in [0.1, 0.15) is 32.6 Å². The van der Waals surface area contributed by atoms with Crippen LogP contribution in [-0.2, 0) is 16.6 Å². The Balaban J connectivity index is 1.78. The van der Waals surface area contributed by atoms with E-state index >= 15 is 0 Å². The standard InChI is InChI=1S/C23H24N2O3S/c1-16-10-12-20(13-11-16)29(27,28)25-22-9-5-8-21(18(22)3)23(26)24-15-19-7-4-6-17(2)14-19/h4-14,25H,15H2,1-3H3,(H,24,26). The fourth-order valence-corrected chi connectivity index (χ4v) is 4.14. The summed E-state index contributed by atoms with van der Waals surface area (Å²) in [5.74, 6) is -0.250. The minimum atomic E-state index is -3.74. The van der Waals surface area contributed by atoms with Crippen LogP contribution in [-0.4, -0.2) is 14.3 Å². The van der Waals surface area contributed by atoms with Crippen LogP contribution in [0, 0.1) is 20.8 Å². The average Bonchev–Trinajstić information content (AvgIpc) is 2.68. The van der Waals surface area contributed by atoms with E-state index in [1.165, 1.54) is 0 Å². The molecule has 0 aliphatic carbocycles. The molecule has 5 nitrogen and oxygen atoms in total. The number of carbonyl (C=O) groups is 1. The second kappa shape index (κ2) is 8.49. The van der Waals surface area contributed by atoms with E-state index < -0.39 is 10.0 Å². The van der Waals surface area contributed by atoms with Crippen LogP contribution in [0.3, 0.4) is 0 Å². The van der Waals surface area contributed by atoms with Gasteiger partial charge >= 0.3 is 0 Å². The molecule has 0 fully saturated rings. The Kier molecular flexibility index (Phi) is 6.03. The quantitative estimate of drug-likeness (QED) is 0.637. The molecule has 29 heavy (non-hydrogen) atoms. The minimum absolute atomic E-state index is 0.178. The summed E-state index contributed by atoms with van der Waals surface area (Å²) in [5, 5.41) is 2.90. The Morgan fingerprint density at radius 3 is 2.24 bits per heavy atom. The van der Waals surface area contributed by atoms with E-state index in [2.05, 4.69) is 10.0 Å². The van der Waals surface area contributed by atoms with Crippen molar-refractivity contribution < 1.29 is 13.2 Å². The molecule has 1 amide bonds. The summed E-state index contributed by atoms with van der Waals surface area (Å²) >= 11 is 0. The van der Waals surface area contributed by atoms with Gasteiger partial charge in [0.25, 0.3) is 15.9 Å². The summed E-state index contributed by atoms with van der Waals surface area (Å²) in [6.45, 7) is 6.03. The molecule has 6 heteroatoms. The largest absolute Gasteiger partial charge is 0.348 e. The molecule has 0 unspecified atom stereocenters. The number of carbonyl (C=O) groups excluding carboxylic acids is 1. The normalized spacial score (nSPS) is 11.1. The van der Waals surface area contributed by atoms with Gasteiger partial charge in [0.05, 0.1) is 10.6 Å². The zero-order chi connectivity index (χ0) is 21.0. The summed E-state index contributed by atoms with van der Waals surface area (Å²) in [6, 6.07) is 19.5. The maximum Gasteiger partial charge on any atom is 0.261 e. The van der Waals surface area contributed by atoms with Crippen molar-refractivity contribution in [2.75, 3.05) is 4.72 Å². The fourth-order valence-electron chi connectivity index (χ4n) is 3.01. The highest BCUT2D eigenvalue weighted by molar-refractivity contribution is 7.92. The predicted octanol–water partition coefficient (Wildman–Crippen LogP) is 4.34. The van der Waals surface area contributed by atoms with Gasteiger partial charge in [-0.25, -0.2) is 8.42 Å². The first-order valence-corrected chi connectivity index (χ1v) is 10.8. The van der Waals surface area contributed by atoms with Crippen molar-refractivity contribution in [2.24, 2.45) is 0 Å². The average molecular weight is 409 g/mol. The number of benzene rings is 3. The number of hydrogen-bond donors (Lipinski definition) is 2. The van der Waals surface area contributed by atoms with E-state index in [1.54, 1.807) is 49.4 Å². The van der Waals surface area contributed by atoms with Crippen molar-refractivity contribution in [1.82, 2.24) is 5.32 Å². The first-order valence-electron chi connectivity index (χ1n) is 9.29. The van der Waals surface area contributed by atoms with Gasteiger partial charge in [-0.2, -0.15) is 0 Å². The van der Waals surface area contributed by atoms with E-state index in [-0.39, 0.29) is 10.8 Å². The van der Waals surface area contributed by atoms with Crippen molar-refractivity contribution in [3.8, 4) is 0 Å². The molecule has 3 aromatic rings. The molecular weight excluding hydrogens is 384 g/mol. The monoisotopic (exact) mass is 408 g/mol. The Morgan fingerprint density at radius 1 is 0.862 bits per heavy atom. The number of rotatable bonds is 6. The summed E-state index contributed by atoms with van der Waals surface area (Å²) in [4.78, 5) is 12.8. The molecule has 0 atom stereocenters. The highest BCUT2D eigenvalue weighted by atomic mass is 32.2. The molecule has 0 saturated heterocycles. The van der Waals surface area contributed by atoms with Crippen molar-refractivity contribution in [1.29, 1.82) is 0 Å². The van der Waals surface area contributed by atoms with Gasteiger partial charge in [0, 0.05) is 12.1 Å². The lowest BCUT2D eigenvalue weighted by Crippen LogP contribution is -2.24. The summed E-state index contributed by atoms with van der Waals surface area (Å²) in [5.41, 5.74) is 4.50. The molecule has 3 rings (SSSR count). The Morgan fingerprint density at radius 2 is 1.55 bits per heavy atom. The van der Waals surface area contributed by atoms with Gasteiger partial charge in [-0.15, -0.1) is 0 Å². The van der Waals surface area contributed by atoms with E-state index in [9.17, 15) is 13.2 Å². The van der Waals surface area contributed by atoms with Crippen LogP contribution in [0.25, 0.3) is 0 Å². The molecular formula is C23H24N2O3S. The maximum absolute atomic E-state index is 12.7. The number of aryl methyl sites for hydroxylation is 2. The number of nitrogens with one attached hydrogen (secondary N) is 2. The molecule has 0 bridgehead atoms. The van der Waals surface area contributed by atoms with Crippen molar-refractivity contribution >= 4 is 21.6 Å². The molecule has 0 heterocycles. The lowest BCUT2D eigenvalue weighted by atomic mass is 10.1. The van der Waals surface area contributed by atoms with Gasteiger partial charge in [-0.05, 0) is 56.2 Å². The van der Waals surface area contributed by atoms with Crippen LogP contribution in [0.15, 0.2) is 71.6 Å². The third-order valence-electron chi connectivity index (χ3n) is 4.69. The van der Waals surface area contributed by atoms with Crippen molar-refractivity contribution in [2.45, 2.75) is 32.2 Å². The zero-order valence-corrected chi connectivity index (χ0v) is 17.5. The summed E-state index contributed by atoms with van der Waals surface area (Å²) in [6.07, 6.45) is 0. The van der Waals surface area contributed by atoms with E-state index in [1.807, 2.05) is 38.1 Å². The number of anilines is 1. The molecule has 0 aliphatic rings. The van der Waals surface area contributed by atoms with E-state index in [0.717, 1.165) is 16.7 Å². The van der Waals surface area contributed by atoms with Crippen LogP contribution >= 0.6 is 0 Å². The molecule has 2 N–H and O–H groups in total. The van der Waals surface area contributed by atoms with Crippen molar-refractivity contribution in [3.63, 3.8) is 0 Å². The fraction of sp³-hybridized carbons (Fsp3) is 0.174. The van der Waals surface area contributed by atoms with Crippen LogP contribution in [0.2, 0.25) is 0 Å². The third-order valence-corrected chi connectivity index (χ3v) is 6.07. The highest BCUT2D eigenvalue weighted by Gasteiger charge is 2.18. The SMILES string of the molecule is Cc1ccc(S(=O)(=O)Nc2cccc(C(=O)NCc3cccc(C)c3)c2C)cc1. The third kappa shape index (κ3) is 5.03. The molecule has 0 aromatic heterocycles. The van der Waals surface area contributed by atoms with Gasteiger partial charge in [0.15, 0.2) is 0 Å². The highest BCUT2D eigenvalue weighted by Crippen LogP contribution is 2.23. The number of hydrogen-bond acceptors (Lipinski definition) is 3. The lowest BCUT2D eigenvalue weighted by Gasteiger charge is -2.14. The Bertz CT molecular complexity index is 1140. The smallest absolute Gasteiger partial charge is 0.261 e. The molecule has 150 valence electrons.